The highest BCUT2D eigenvalue weighted by molar-refractivity contribution is 5.89. The Hall–Kier alpha value is -4.08. The van der Waals surface area contributed by atoms with Gasteiger partial charge in [0.15, 0.2) is 5.65 Å². The highest BCUT2D eigenvalue weighted by Crippen LogP contribution is 2.18. The highest BCUT2D eigenvalue weighted by atomic mass is 16.5. The minimum atomic E-state index is -0.325. The summed E-state index contributed by atoms with van der Waals surface area (Å²) in [5.74, 6) is 1.18. The van der Waals surface area contributed by atoms with Gasteiger partial charge in [-0.2, -0.15) is 0 Å². The molecule has 0 unspecified atom stereocenters. The second-order valence-electron chi connectivity index (χ2n) is 6.43. The van der Waals surface area contributed by atoms with Crippen molar-refractivity contribution in [3.63, 3.8) is 0 Å². The van der Waals surface area contributed by atoms with Crippen molar-refractivity contribution in [1.29, 1.82) is 0 Å². The Morgan fingerprint density at radius 3 is 2.90 bits per heavy atom. The lowest BCUT2D eigenvalue weighted by molar-refractivity contribution is 0.252. The number of benzene rings is 1. The smallest absolute Gasteiger partial charge is 0.320 e. The van der Waals surface area contributed by atoms with Gasteiger partial charge in [0.05, 0.1) is 26.0 Å². The number of carbonyl (C=O) groups excluding carboxylic acids is 1. The number of hydrogen-bond acceptors (Lipinski definition) is 7. The number of pyridine rings is 1. The normalized spacial score (nSPS) is 10.7. The van der Waals surface area contributed by atoms with E-state index in [1.54, 1.807) is 36.3 Å². The molecular weight excluding hydrogens is 384 g/mol. The second-order valence-corrected chi connectivity index (χ2v) is 6.43. The van der Waals surface area contributed by atoms with E-state index < -0.39 is 0 Å². The number of methoxy groups -OCH3 is 1. The van der Waals surface area contributed by atoms with Crippen LogP contribution in [0, 0.1) is 0 Å². The van der Waals surface area contributed by atoms with E-state index in [1.807, 2.05) is 31.2 Å². The lowest BCUT2D eigenvalue weighted by Crippen LogP contribution is -2.28. The molecule has 2 amide bonds. The largest absolute Gasteiger partial charge is 0.497 e. The molecule has 0 spiro atoms. The van der Waals surface area contributed by atoms with E-state index in [1.165, 1.54) is 0 Å². The number of nitrogens with one attached hydrogen (secondary N) is 2. The number of rotatable bonds is 6. The molecule has 4 aromatic rings. The molecule has 0 atom stereocenters. The third-order valence-electron chi connectivity index (χ3n) is 4.27. The number of amides is 2. The van der Waals surface area contributed by atoms with Gasteiger partial charge in [0.1, 0.15) is 28.5 Å². The monoisotopic (exact) mass is 404 g/mol. The first kappa shape index (κ1) is 19.2. The Morgan fingerprint density at radius 2 is 2.07 bits per heavy atom. The van der Waals surface area contributed by atoms with Crippen molar-refractivity contribution in [1.82, 2.24) is 35.3 Å². The summed E-state index contributed by atoms with van der Waals surface area (Å²) in [5.41, 5.74) is 3.18. The fourth-order valence-electron chi connectivity index (χ4n) is 2.86. The molecule has 0 saturated carbocycles. The van der Waals surface area contributed by atoms with E-state index >= 15 is 0 Å². The van der Waals surface area contributed by atoms with E-state index in [9.17, 15) is 4.79 Å². The molecule has 0 saturated heterocycles. The lowest BCUT2D eigenvalue weighted by atomic mass is 10.2. The van der Waals surface area contributed by atoms with Crippen LogP contribution in [0.2, 0.25) is 0 Å². The van der Waals surface area contributed by atoms with Gasteiger partial charge < -0.3 is 10.1 Å². The van der Waals surface area contributed by atoms with Crippen molar-refractivity contribution in [2.45, 2.75) is 13.5 Å². The Morgan fingerprint density at radius 1 is 1.17 bits per heavy atom. The zero-order valence-electron chi connectivity index (χ0n) is 16.5. The first-order valence-electron chi connectivity index (χ1n) is 9.36. The molecule has 3 aromatic heterocycles. The molecule has 10 heteroatoms. The number of carbonyl (C=O) groups is 1. The van der Waals surface area contributed by atoms with Gasteiger partial charge in [0, 0.05) is 6.54 Å². The van der Waals surface area contributed by atoms with Gasteiger partial charge in [0.2, 0.25) is 0 Å². The van der Waals surface area contributed by atoms with Crippen molar-refractivity contribution >= 4 is 23.0 Å². The van der Waals surface area contributed by atoms with E-state index in [0.717, 1.165) is 11.3 Å². The van der Waals surface area contributed by atoms with Crippen molar-refractivity contribution < 1.29 is 9.53 Å². The Kier molecular flexibility index (Phi) is 5.46. The zero-order chi connectivity index (χ0) is 20.9. The molecule has 30 heavy (non-hydrogen) atoms. The van der Waals surface area contributed by atoms with Crippen LogP contribution < -0.4 is 15.4 Å². The fraction of sp³-hybridized carbons (Fsp3) is 0.200. The van der Waals surface area contributed by atoms with Crippen molar-refractivity contribution in [2.24, 2.45) is 0 Å². The molecule has 0 radical (unpaired) electrons. The summed E-state index contributed by atoms with van der Waals surface area (Å²) in [6.07, 6.45) is 3.42. The lowest BCUT2D eigenvalue weighted by Gasteiger charge is -2.06. The van der Waals surface area contributed by atoms with Crippen LogP contribution in [0.4, 0.5) is 10.6 Å². The van der Waals surface area contributed by atoms with Gasteiger partial charge in [-0.1, -0.05) is 17.3 Å². The molecule has 4 rings (SSSR count). The minimum Gasteiger partial charge on any atom is -0.497 e. The van der Waals surface area contributed by atoms with Gasteiger partial charge in [-0.3, -0.25) is 10.3 Å². The van der Waals surface area contributed by atoms with Gasteiger partial charge in [-0.15, -0.1) is 5.10 Å². The third-order valence-corrected chi connectivity index (χ3v) is 4.27. The summed E-state index contributed by atoms with van der Waals surface area (Å²) >= 11 is 0. The van der Waals surface area contributed by atoms with Crippen LogP contribution >= 0.6 is 0 Å². The molecule has 0 bridgehead atoms. The molecule has 1 aromatic carbocycles. The molecule has 152 valence electrons. The topological polar surface area (TPSA) is 120 Å². The summed E-state index contributed by atoms with van der Waals surface area (Å²) in [7, 11) is 1.64. The summed E-state index contributed by atoms with van der Waals surface area (Å²) < 4.78 is 6.97. The SMILES string of the molecule is CCNC(=O)Nc1ccc2ncc(-c3cn(Cc4cccc(OC)c4)nn3)nc2n1. The molecule has 3 heterocycles. The molecular formula is C20H20N8O2. The zero-order valence-corrected chi connectivity index (χ0v) is 16.5. The second kappa shape index (κ2) is 8.52. The van der Waals surface area contributed by atoms with Crippen LogP contribution in [0.3, 0.4) is 0 Å². The fourth-order valence-corrected chi connectivity index (χ4v) is 2.86. The van der Waals surface area contributed by atoms with Crippen LogP contribution in [0.15, 0.2) is 48.8 Å². The van der Waals surface area contributed by atoms with Crippen LogP contribution in [0.1, 0.15) is 12.5 Å². The standard InChI is InChI=1S/C20H20N8O2/c1-3-21-20(29)25-18-8-7-15-19(24-18)23-16(10-22-15)17-12-28(27-26-17)11-13-5-4-6-14(9-13)30-2/h4-10,12H,3,11H2,1-2H3,(H2,21,23,24,25,29). The summed E-state index contributed by atoms with van der Waals surface area (Å²) in [4.78, 5) is 25.0. The maximum Gasteiger partial charge on any atom is 0.320 e. The number of anilines is 1. The van der Waals surface area contributed by atoms with Crippen LogP contribution in [0.25, 0.3) is 22.6 Å². The van der Waals surface area contributed by atoms with Crippen molar-refractivity contribution in [2.75, 3.05) is 19.0 Å². The Balaban J connectivity index is 1.56. The number of urea groups is 1. The molecule has 0 aliphatic heterocycles. The van der Waals surface area contributed by atoms with Crippen molar-refractivity contribution in [3.05, 3.63) is 54.4 Å². The minimum absolute atomic E-state index is 0.325. The molecule has 0 aliphatic carbocycles. The van der Waals surface area contributed by atoms with Gasteiger partial charge in [-0.05, 0) is 36.8 Å². The average Bonchev–Trinajstić information content (AvgIpc) is 3.22. The van der Waals surface area contributed by atoms with E-state index in [2.05, 4.69) is 35.9 Å². The van der Waals surface area contributed by atoms with Gasteiger partial charge in [-0.25, -0.2) is 19.4 Å². The maximum absolute atomic E-state index is 11.7. The van der Waals surface area contributed by atoms with Crippen LogP contribution in [-0.4, -0.2) is 49.6 Å². The number of hydrogen-bond donors (Lipinski definition) is 2. The van der Waals surface area contributed by atoms with Crippen molar-refractivity contribution in [3.8, 4) is 17.1 Å². The highest BCUT2D eigenvalue weighted by Gasteiger charge is 2.10. The molecule has 0 aliphatic rings. The van der Waals surface area contributed by atoms with Crippen LogP contribution in [0.5, 0.6) is 5.75 Å². The maximum atomic E-state index is 11.7. The number of aromatic nitrogens is 6. The Bertz CT molecular complexity index is 1190. The van der Waals surface area contributed by atoms with E-state index in [4.69, 9.17) is 4.74 Å². The number of fused-ring (bicyclic) bond motifs is 1. The molecule has 2 N–H and O–H groups in total. The van der Waals surface area contributed by atoms with Gasteiger partial charge >= 0.3 is 6.03 Å². The Labute approximate surface area is 172 Å². The van der Waals surface area contributed by atoms with E-state index in [-0.39, 0.29) is 6.03 Å². The van der Waals surface area contributed by atoms with Crippen LogP contribution in [-0.2, 0) is 6.54 Å². The average molecular weight is 404 g/mol. The molecule has 10 nitrogen and oxygen atoms in total. The summed E-state index contributed by atoms with van der Waals surface area (Å²) in [5, 5.41) is 13.7. The first-order chi connectivity index (χ1) is 14.6. The van der Waals surface area contributed by atoms with Gasteiger partial charge in [0.25, 0.3) is 0 Å². The molecule has 0 fully saturated rings. The van der Waals surface area contributed by atoms with E-state index in [0.29, 0.717) is 41.5 Å². The number of ether oxygens (including phenoxy) is 1. The number of nitrogens with zero attached hydrogens (tertiary/aromatic N) is 6. The predicted molar refractivity (Wildman–Crippen MR) is 111 cm³/mol. The first-order valence-corrected chi connectivity index (χ1v) is 9.36. The third kappa shape index (κ3) is 4.32. The predicted octanol–water partition coefficient (Wildman–Crippen LogP) is 2.48. The summed E-state index contributed by atoms with van der Waals surface area (Å²) in [6.45, 7) is 2.91. The summed E-state index contributed by atoms with van der Waals surface area (Å²) in [6, 6.07) is 10.9. The quantitative estimate of drug-likeness (QED) is 0.506.